The second-order valence-corrected chi connectivity index (χ2v) is 26.3. The van der Waals surface area contributed by atoms with Crippen molar-refractivity contribution in [1.29, 1.82) is 0 Å². The van der Waals surface area contributed by atoms with Gasteiger partial charge >= 0.3 is 5.97 Å². The summed E-state index contributed by atoms with van der Waals surface area (Å²) in [4.78, 5) is 220. The molecule has 2 bridgehead atoms. The number of H-pyrrole nitrogens is 3. The molecule has 5 aromatic heterocycles. The van der Waals surface area contributed by atoms with Crippen LogP contribution in [0.1, 0.15) is 98.3 Å². The van der Waals surface area contributed by atoms with E-state index in [9.17, 15) is 82.4 Å². The van der Waals surface area contributed by atoms with Crippen LogP contribution in [0.15, 0.2) is 66.5 Å². The second-order valence-electron chi connectivity index (χ2n) is 26.3. The number of primary amides is 1. The Kier molecular flexibility index (Phi) is 36.2. The van der Waals surface area contributed by atoms with Gasteiger partial charge in [-0.1, -0.05) is 5.21 Å². The molecule has 7 rings (SSSR count). The summed E-state index contributed by atoms with van der Waals surface area (Å²) in [6.45, 7) is 1.22. The molecule has 0 radical (unpaired) electrons. The van der Waals surface area contributed by atoms with Crippen LogP contribution < -0.4 is 86.7 Å². The van der Waals surface area contributed by atoms with E-state index in [0.29, 0.717) is 30.8 Å². The van der Waals surface area contributed by atoms with Crippen LogP contribution >= 0.6 is 0 Å². The molecule has 0 saturated carbocycles. The topological polar surface area (TPSA) is 702 Å². The third-order valence-corrected chi connectivity index (χ3v) is 17.3. The van der Waals surface area contributed by atoms with Gasteiger partial charge in [-0.2, -0.15) is 4.98 Å². The SMILES string of the molecule is C[C@H](O)[C@H]1NC(=O)[C@@H](Cc2cnc[nH]2)NC(=O)[C@@H](CO)NC(=O)[C@@H](Cc2cnc[nH]2)NC(=O)[C@@H](NC(=O)CC[C@H](NC(=O)c2ccc(NCc3cnc4nc(N)[nH]c(=O)c4n3)cc2)C(=O)O)Cc2cn(nn2)CCCC[C@@H](C(=O)NCCOCCOCCOCC(=O)N[C@@H](CCCCNC(=O)CON)C(N)=O)NC(=O)[C@@H](C)NC1=O. The average molecular weight is 1610 g/mol. The molecular weight excluding hydrogens is 1520 g/mol. The van der Waals surface area contributed by atoms with Crippen LogP contribution in [0.3, 0.4) is 0 Å². The molecule has 10 atom stereocenters. The zero-order chi connectivity index (χ0) is 83.3. The lowest BCUT2D eigenvalue weighted by atomic mass is 10.1. The van der Waals surface area contributed by atoms with Crippen LogP contribution in [0.4, 0.5) is 11.6 Å². The average Bonchev–Trinajstić information content (AvgIpc) is 1.78. The second kappa shape index (κ2) is 46.4. The van der Waals surface area contributed by atoms with E-state index >= 15 is 0 Å². The first-order chi connectivity index (χ1) is 55.2. The molecule has 624 valence electrons. The number of carbonyl (C=O) groups is 13. The molecule has 1 aliphatic heterocycles. The highest BCUT2D eigenvalue weighted by Gasteiger charge is 2.36. The summed E-state index contributed by atoms with van der Waals surface area (Å²) in [7, 11) is 0. The minimum absolute atomic E-state index is 0.00377. The molecule has 0 fully saturated rings. The van der Waals surface area contributed by atoms with Crippen molar-refractivity contribution < 1.29 is 96.7 Å². The van der Waals surface area contributed by atoms with Gasteiger partial charge < -0.3 is 115 Å². The summed E-state index contributed by atoms with van der Waals surface area (Å²) in [6.07, 6.45) is 5.73. The predicted octanol–water partition coefficient (Wildman–Crippen LogP) is -8.08. The van der Waals surface area contributed by atoms with E-state index in [2.05, 4.69) is 119 Å². The maximum atomic E-state index is 14.7. The number of aliphatic carboxylic acids is 1. The smallest absolute Gasteiger partial charge is 0.326 e. The Morgan fingerprint density at radius 2 is 1.36 bits per heavy atom. The predicted molar refractivity (Wildman–Crippen MR) is 398 cm³/mol. The van der Waals surface area contributed by atoms with Gasteiger partial charge in [0.15, 0.2) is 11.2 Å². The molecule has 6 heterocycles. The molecule has 1 aliphatic rings. The third-order valence-electron chi connectivity index (χ3n) is 17.3. The molecule has 6 aromatic rings. The highest BCUT2D eigenvalue weighted by atomic mass is 16.6. The van der Waals surface area contributed by atoms with E-state index in [1.807, 2.05) is 0 Å². The van der Waals surface area contributed by atoms with Crippen LogP contribution in [-0.2, 0) is 109 Å². The largest absolute Gasteiger partial charge is 0.480 e. The Morgan fingerprint density at radius 3 is 2.01 bits per heavy atom. The standard InChI is InChI=1S/C68H96N26O21/c1-36-58(101)84-45(60(103)75-16-18-112-19-20-113-21-22-114-32-53(99)82-44(56(69)100)7-3-5-15-74-52(98)33-115-71)8-4-6-17-94-30-42(92-93-94)25-47(83-51(97)14-13-46(67(110)111)85-59(102)38-9-11-39(12-10-38)76-28-43-29-77-57-55(81-43)66(109)91-68(70)90-57)61(104)86-48(23-40-26-72-34-78-40)62(105)88-50(31-95)64(107)87-49(24-41-27-73-35-79-41)63(106)89-54(37(2)96)65(108)80-36/h9-12,26-27,29-30,34-37,44-50,54,76,95-96H,3-8,13-25,28,31-33,71H2,1-2H3,(H2,69,100)(H,72,78)(H,73,79)(H,74,98)(H,75,103)(H,80,108)(H,82,99)(H,83,97)(H,84,101)(H,85,102)(H,86,104)(H,87,107)(H,88,105)(H,89,106)(H,110,111)(H3,70,77,90,91,109)/t36-,37+,44+,45+,46+,47+,48-,49-,50-,54-/m1/s1. The summed E-state index contributed by atoms with van der Waals surface area (Å²) in [5.41, 5.74) is 12.0. The van der Waals surface area contributed by atoms with Crippen molar-refractivity contribution in [3.63, 3.8) is 0 Å². The van der Waals surface area contributed by atoms with Crippen LogP contribution in [0.25, 0.3) is 11.2 Å². The fourth-order valence-electron chi connectivity index (χ4n) is 11.2. The van der Waals surface area contributed by atoms with Crippen LogP contribution in [0.5, 0.6) is 0 Å². The number of aliphatic hydroxyl groups excluding tert-OH is 2. The zero-order valence-electron chi connectivity index (χ0n) is 62.8. The summed E-state index contributed by atoms with van der Waals surface area (Å²) in [6, 6.07) is -8.06. The van der Waals surface area contributed by atoms with E-state index in [0.717, 1.165) is 6.92 Å². The number of aryl methyl sites for hydroxylation is 1. The number of aromatic amines is 3. The summed E-state index contributed by atoms with van der Waals surface area (Å²) < 4.78 is 17.9. The summed E-state index contributed by atoms with van der Waals surface area (Å²) in [5, 5.41) is 70.9. The first-order valence-electron chi connectivity index (χ1n) is 36.5. The number of ether oxygens (including phenoxy) is 3. The number of benzene rings is 1. The first kappa shape index (κ1) is 89.6. The normalized spacial score (nSPS) is 19.1. The van der Waals surface area contributed by atoms with Crippen molar-refractivity contribution in [3.8, 4) is 0 Å². The van der Waals surface area contributed by atoms with E-state index in [1.165, 1.54) is 73.3 Å². The number of rotatable bonds is 37. The van der Waals surface area contributed by atoms with Crippen molar-refractivity contribution in [3.05, 3.63) is 100 Å². The Bertz CT molecular complexity index is 4300. The van der Waals surface area contributed by atoms with Crippen molar-refractivity contribution >= 4 is 99.7 Å². The number of carboxylic acid groups (broad SMARTS) is 1. The lowest BCUT2D eigenvalue weighted by molar-refractivity contribution is -0.140. The van der Waals surface area contributed by atoms with Gasteiger partial charge in [0.1, 0.15) is 67.6 Å². The van der Waals surface area contributed by atoms with Gasteiger partial charge in [0.25, 0.3) is 11.5 Å². The minimum atomic E-state index is -1.87. The number of nitrogens with zero attached hydrogens (tertiary/aromatic N) is 8. The van der Waals surface area contributed by atoms with E-state index < -0.39 is 175 Å². The Morgan fingerprint density at radius 1 is 0.696 bits per heavy atom. The number of carboxylic acids is 1. The van der Waals surface area contributed by atoms with Crippen LogP contribution in [0, 0.1) is 0 Å². The number of nitrogen functional groups attached to an aromatic ring is 1. The molecular formula is C68H96N26O21. The number of amides is 12. The van der Waals surface area contributed by atoms with Gasteiger partial charge in [0.05, 0.1) is 82.5 Å². The lowest BCUT2D eigenvalue weighted by Gasteiger charge is -2.27. The lowest BCUT2D eigenvalue weighted by Crippen LogP contribution is -2.62. The van der Waals surface area contributed by atoms with Crippen LogP contribution in [-0.4, -0.2) is 273 Å². The molecule has 115 heavy (non-hydrogen) atoms. The van der Waals surface area contributed by atoms with Crippen molar-refractivity contribution in [2.24, 2.45) is 11.6 Å². The van der Waals surface area contributed by atoms with Gasteiger partial charge in [-0.25, -0.2) is 30.6 Å². The number of hydrogen-bond donors (Lipinski definition) is 21. The Balaban J connectivity index is 1.01. The molecule has 24 N–H and O–H groups in total. The number of hydrogen-bond acceptors (Lipinski definition) is 30. The molecule has 0 aliphatic carbocycles. The van der Waals surface area contributed by atoms with Crippen molar-refractivity contribution in [2.75, 3.05) is 77.0 Å². The fourth-order valence-corrected chi connectivity index (χ4v) is 11.2. The van der Waals surface area contributed by atoms with Gasteiger partial charge in [0.2, 0.25) is 70.9 Å². The Hall–Kier alpha value is -12.6. The van der Waals surface area contributed by atoms with E-state index in [1.54, 1.807) is 0 Å². The monoisotopic (exact) mass is 1610 g/mol. The quantitative estimate of drug-likeness (QED) is 0.0127. The highest BCUT2D eigenvalue weighted by Crippen LogP contribution is 2.15. The molecule has 1 aromatic carbocycles. The Labute approximate surface area is 654 Å². The number of carbonyl (C=O) groups excluding carboxylic acids is 12. The first-order valence-corrected chi connectivity index (χ1v) is 36.5. The maximum Gasteiger partial charge on any atom is 0.326 e. The van der Waals surface area contributed by atoms with Crippen molar-refractivity contribution in [2.45, 2.75) is 158 Å². The number of nitrogens with one attached hydrogen (secondary N) is 15. The molecule has 12 amide bonds. The summed E-state index contributed by atoms with van der Waals surface area (Å²) in [5.74, 6) is -7.26. The number of unbranched alkanes of at least 4 members (excludes halogenated alkanes) is 1. The fraction of sp³-hybridized carbons (Fsp3) is 0.515. The molecule has 0 spiro atoms. The number of aromatic nitrogens is 11. The number of aliphatic hydroxyl groups is 2. The summed E-state index contributed by atoms with van der Waals surface area (Å²) >= 11 is 0. The maximum absolute atomic E-state index is 14.7. The van der Waals surface area contributed by atoms with Gasteiger partial charge in [0, 0.05) is 86.5 Å². The molecule has 47 nitrogen and oxygen atoms in total. The van der Waals surface area contributed by atoms with E-state index in [-0.39, 0.29) is 138 Å². The molecule has 0 unspecified atom stereocenters. The van der Waals surface area contributed by atoms with Crippen LogP contribution in [0.2, 0.25) is 0 Å². The number of anilines is 2. The van der Waals surface area contributed by atoms with E-state index in [4.69, 9.17) is 31.6 Å². The highest BCUT2D eigenvalue weighted by molar-refractivity contribution is 5.99. The number of nitrogens with two attached hydrogens (primary N) is 3. The van der Waals surface area contributed by atoms with Crippen molar-refractivity contribution in [1.82, 2.24) is 113 Å². The molecule has 47 heteroatoms. The number of fused-ring (bicyclic) bond motifs is 3. The van der Waals surface area contributed by atoms with Gasteiger partial charge in [-0.15, -0.1) is 5.10 Å². The number of imidazole rings is 2. The minimum Gasteiger partial charge on any atom is -0.480 e. The van der Waals surface area contributed by atoms with Gasteiger partial charge in [-0.3, -0.25) is 76.8 Å². The third kappa shape index (κ3) is 30.5. The zero-order valence-corrected chi connectivity index (χ0v) is 62.8. The molecule has 0 saturated heterocycles. The van der Waals surface area contributed by atoms with Gasteiger partial charge in [-0.05, 0) is 83.1 Å².